The zero-order valence-electron chi connectivity index (χ0n) is 17.7. The summed E-state index contributed by atoms with van der Waals surface area (Å²) in [4.78, 5) is 49.0. The molecule has 0 heterocycles. The zero-order chi connectivity index (χ0) is 22.8. The fourth-order valence-electron chi connectivity index (χ4n) is 3.85. The van der Waals surface area contributed by atoms with Crippen LogP contribution in [0.5, 0.6) is 0 Å². The van der Waals surface area contributed by atoms with E-state index >= 15 is 0 Å². The number of benzene rings is 1. The van der Waals surface area contributed by atoms with Gasteiger partial charge >= 0.3 is 11.9 Å². The molecule has 9 heteroatoms. The Kier molecular flexibility index (Phi) is 6.97. The summed E-state index contributed by atoms with van der Waals surface area (Å²) in [6.07, 6.45) is -1.40. The van der Waals surface area contributed by atoms with Crippen LogP contribution in [-0.4, -0.2) is 45.6 Å². The molecule has 1 aromatic carbocycles. The smallest absolute Gasteiger partial charge is 0.317 e. The maximum Gasteiger partial charge on any atom is 0.317 e. The second kappa shape index (κ2) is 8.91. The summed E-state index contributed by atoms with van der Waals surface area (Å²) < 4.78 is 10.6. The van der Waals surface area contributed by atoms with Crippen LogP contribution in [0.2, 0.25) is 0 Å². The van der Waals surface area contributed by atoms with Crippen LogP contribution in [-0.2, 0) is 23.9 Å². The first-order valence-corrected chi connectivity index (χ1v) is 9.75. The maximum atomic E-state index is 12.9. The van der Waals surface area contributed by atoms with Crippen molar-refractivity contribution in [1.29, 1.82) is 0 Å². The van der Waals surface area contributed by atoms with Gasteiger partial charge in [0.05, 0.1) is 28.7 Å². The summed E-state index contributed by atoms with van der Waals surface area (Å²) in [6, 6.07) is 5.20. The van der Waals surface area contributed by atoms with E-state index in [0.29, 0.717) is 5.56 Å². The Morgan fingerprint density at radius 3 is 2.07 bits per heavy atom. The van der Waals surface area contributed by atoms with E-state index in [1.54, 1.807) is 27.7 Å². The highest BCUT2D eigenvalue weighted by atomic mass is 16.6. The molecule has 164 valence electrons. The number of rotatable bonds is 6. The number of non-ortho nitro benzene ring substituents is 1. The fraction of sp³-hybridized carbons (Fsp3) is 0.571. The van der Waals surface area contributed by atoms with E-state index < -0.39 is 64.6 Å². The van der Waals surface area contributed by atoms with E-state index in [9.17, 15) is 29.6 Å². The highest BCUT2D eigenvalue weighted by Gasteiger charge is 2.57. The molecule has 1 aliphatic rings. The Labute approximate surface area is 174 Å². The lowest BCUT2D eigenvalue weighted by Gasteiger charge is -2.44. The van der Waals surface area contributed by atoms with Crippen molar-refractivity contribution in [2.75, 3.05) is 0 Å². The number of Topliss-reactive ketones (excluding diaryl/α,β-unsaturated/α-hetero) is 1. The third kappa shape index (κ3) is 5.02. The standard InChI is InChI=1S/C21H27NO8/c1-11(2)29-19(24)17-15(23)10-21(5,26)18(20(25)30-12(3)4)16(17)13-6-8-14(9-7-13)22(27)28/h6-9,11-12,16-18,26H,10H2,1-5H3/t16-,17-,18-,21-/m1/s1. The number of nitro groups is 1. The molecule has 0 saturated heterocycles. The second-order valence-corrected chi connectivity index (χ2v) is 8.30. The highest BCUT2D eigenvalue weighted by Crippen LogP contribution is 2.47. The van der Waals surface area contributed by atoms with Gasteiger partial charge < -0.3 is 14.6 Å². The minimum atomic E-state index is -1.77. The van der Waals surface area contributed by atoms with Crippen molar-refractivity contribution < 1.29 is 33.9 Å². The number of nitro benzene ring substituents is 1. The third-order valence-corrected chi connectivity index (χ3v) is 4.97. The molecule has 1 saturated carbocycles. The average Bonchev–Trinajstić information content (AvgIpc) is 2.58. The van der Waals surface area contributed by atoms with Crippen LogP contribution in [0.4, 0.5) is 5.69 Å². The van der Waals surface area contributed by atoms with Gasteiger partial charge in [0.15, 0.2) is 5.78 Å². The first-order chi connectivity index (χ1) is 13.8. The molecule has 0 unspecified atom stereocenters. The minimum Gasteiger partial charge on any atom is -0.463 e. The van der Waals surface area contributed by atoms with Gasteiger partial charge in [-0.15, -0.1) is 0 Å². The topological polar surface area (TPSA) is 133 Å². The van der Waals surface area contributed by atoms with Gasteiger partial charge in [-0.3, -0.25) is 24.5 Å². The normalized spacial score (nSPS) is 26.5. The molecule has 0 aromatic heterocycles. The summed E-state index contributed by atoms with van der Waals surface area (Å²) in [5.41, 5.74) is -1.63. The molecular formula is C21H27NO8. The first-order valence-electron chi connectivity index (χ1n) is 9.75. The maximum absolute atomic E-state index is 12.9. The van der Waals surface area contributed by atoms with Gasteiger partial charge in [0.2, 0.25) is 0 Å². The Morgan fingerprint density at radius 2 is 1.60 bits per heavy atom. The molecule has 0 aliphatic heterocycles. The van der Waals surface area contributed by atoms with Gasteiger partial charge in [0.1, 0.15) is 5.92 Å². The summed E-state index contributed by atoms with van der Waals surface area (Å²) >= 11 is 0. The van der Waals surface area contributed by atoms with Gasteiger partial charge in [-0.25, -0.2) is 0 Å². The van der Waals surface area contributed by atoms with Crippen molar-refractivity contribution in [3.05, 3.63) is 39.9 Å². The highest BCUT2D eigenvalue weighted by molar-refractivity contribution is 6.02. The van der Waals surface area contributed by atoms with E-state index in [1.807, 2.05) is 0 Å². The van der Waals surface area contributed by atoms with Crippen LogP contribution in [0.25, 0.3) is 0 Å². The third-order valence-electron chi connectivity index (χ3n) is 4.97. The van der Waals surface area contributed by atoms with Crippen molar-refractivity contribution in [2.24, 2.45) is 11.8 Å². The van der Waals surface area contributed by atoms with E-state index in [1.165, 1.54) is 31.2 Å². The quantitative estimate of drug-likeness (QED) is 0.321. The van der Waals surface area contributed by atoms with Crippen molar-refractivity contribution in [2.45, 2.75) is 64.8 Å². The number of nitrogens with zero attached hydrogens (tertiary/aromatic N) is 1. The van der Waals surface area contributed by atoms with Crippen molar-refractivity contribution >= 4 is 23.4 Å². The molecule has 0 bridgehead atoms. The summed E-state index contributed by atoms with van der Waals surface area (Å²) in [7, 11) is 0. The summed E-state index contributed by atoms with van der Waals surface area (Å²) in [5.74, 6) is -5.82. The number of ketones is 1. The molecule has 1 fully saturated rings. The van der Waals surface area contributed by atoms with Crippen LogP contribution in [0.15, 0.2) is 24.3 Å². The van der Waals surface area contributed by atoms with E-state index in [2.05, 4.69) is 0 Å². The number of carbonyl (C=O) groups excluding carboxylic acids is 3. The Balaban J connectivity index is 2.62. The molecule has 1 N–H and O–H groups in total. The molecule has 1 aromatic rings. The molecule has 0 amide bonds. The molecule has 9 nitrogen and oxygen atoms in total. The van der Waals surface area contributed by atoms with Crippen LogP contribution < -0.4 is 0 Å². The zero-order valence-corrected chi connectivity index (χ0v) is 17.7. The number of hydrogen-bond donors (Lipinski definition) is 1. The van der Waals surface area contributed by atoms with Gasteiger partial charge in [0, 0.05) is 24.5 Å². The summed E-state index contributed by atoms with van der Waals surface area (Å²) in [6.45, 7) is 7.90. The lowest BCUT2D eigenvalue weighted by molar-refractivity contribution is -0.384. The SMILES string of the molecule is CC(C)OC(=O)[C@@H]1C(=O)C[C@@](C)(O)[C@@H](C(=O)OC(C)C)[C@@H]1c1ccc([N+](=O)[O-])cc1. The number of aliphatic hydroxyl groups is 1. The lowest BCUT2D eigenvalue weighted by Crippen LogP contribution is -2.55. The molecule has 30 heavy (non-hydrogen) atoms. The predicted molar refractivity (Wildman–Crippen MR) is 106 cm³/mol. The molecule has 0 radical (unpaired) electrons. The molecule has 2 rings (SSSR count). The van der Waals surface area contributed by atoms with Crippen LogP contribution in [0.3, 0.4) is 0 Å². The molecule has 4 atom stereocenters. The van der Waals surface area contributed by atoms with Crippen molar-refractivity contribution in [3.63, 3.8) is 0 Å². The van der Waals surface area contributed by atoms with Crippen LogP contribution in [0.1, 0.15) is 52.5 Å². The first kappa shape index (κ1) is 23.5. The number of esters is 2. The van der Waals surface area contributed by atoms with Gasteiger partial charge in [-0.2, -0.15) is 0 Å². The number of carbonyl (C=O) groups is 3. The van der Waals surface area contributed by atoms with E-state index in [4.69, 9.17) is 9.47 Å². The van der Waals surface area contributed by atoms with Gasteiger partial charge in [0.25, 0.3) is 5.69 Å². The van der Waals surface area contributed by atoms with Gasteiger partial charge in [-0.1, -0.05) is 12.1 Å². The van der Waals surface area contributed by atoms with Crippen molar-refractivity contribution in [1.82, 2.24) is 0 Å². The monoisotopic (exact) mass is 421 g/mol. The predicted octanol–water partition coefficient (Wildman–Crippen LogP) is 2.54. The largest absolute Gasteiger partial charge is 0.463 e. The van der Waals surface area contributed by atoms with Crippen LogP contribution in [0, 0.1) is 22.0 Å². The van der Waals surface area contributed by atoms with E-state index in [0.717, 1.165) is 0 Å². The summed E-state index contributed by atoms with van der Waals surface area (Å²) in [5, 5.41) is 22.0. The van der Waals surface area contributed by atoms with Gasteiger partial charge in [-0.05, 0) is 40.2 Å². The Bertz CT molecular complexity index is 820. The molecular weight excluding hydrogens is 394 g/mol. The van der Waals surface area contributed by atoms with Crippen molar-refractivity contribution in [3.8, 4) is 0 Å². The lowest BCUT2D eigenvalue weighted by atomic mass is 9.61. The van der Waals surface area contributed by atoms with Crippen LogP contribution >= 0.6 is 0 Å². The fourth-order valence-corrected chi connectivity index (χ4v) is 3.85. The van der Waals surface area contributed by atoms with E-state index in [-0.39, 0.29) is 5.69 Å². The second-order valence-electron chi connectivity index (χ2n) is 8.30. The Morgan fingerprint density at radius 1 is 1.10 bits per heavy atom. The average molecular weight is 421 g/mol. The molecule has 1 aliphatic carbocycles. The number of hydrogen-bond acceptors (Lipinski definition) is 8. The Hall–Kier alpha value is -2.81. The number of ether oxygens (including phenoxy) is 2. The molecule has 0 spiro atoms. The minimum absolute atomic E-state index is 0.185.